The molecule has 0 amide bonds. The molecule has 0 radical (unpaired) electrons. The fourth-order valence-electron chi connectivity index (χ4n) is 2.43. The van der Waals surface area contributed by atoms with Crippen LogP contribution in [0.3, 0.4) is 0 Å². The van der Waals surface area contributed by atoms with E-state index in [1.54, 1.807) is 14.2 Å². The summed E-state index contributed by atoms with van der Waals surface area (Å²) in [6.45, 7) is 1.71. The van der Waals surface area contributed by atoms with Crippen molar-refractivity contribution >= 4 is 34.2 Å². The van der Waals surface area contributed by atoms with E-state index in [1.165, 1.54) is 0 Å². The maximum absolute atomic E-state index is 5.41. The van der Waals surface area contributed by atoms with E-state index in [0.29, 0.717) is 0 Å². The van der Waals surface area contributed by atoms with Gasteiger partial charge in [0.15, 0.2) is 0 Å². The first kappa shape index (κ1) is 22.6. The highest BCUT2D eigenvalue weighted by atomic mass is 32.1. The molecule has 0 spiro atoms. The third-order valence-electron chi connectivity index (χ3n) is 4.10. The molecule has 0 aliphatic heterocycles. The monoisotopic (exact) mass is 426 g/mol. The molecular formula is C23H26N2O2S2. The summed E-state index contributed by atoms with van der Waals surface area (Å²) in [7, 11) is 3.30. The molecule has 0 aliphatic rings. The Bertz CT molecular complexity index is 773. The standard InChI is InChI=1S/C23H26N2O2S2/c1-26-20-8-4-18(5-9-20)22(28)12-16-24-14-3-15-25-17-13-23(29)19-6-10-21(27-2)11-7-19/h4-13,16-17,24-25H,3,14-15H2,1-2H3/b16-12+,17-13+. The van der Waals surface area contributed by atoms with Crippen LogP contribution in [-0.4, -0.2) is 37.0 Å². The van der Waals surface area contributed by atoms with Gasteiger partial charge in [0.1, 0.15) is 11.5 Å². The molecule has 0 bridgehead atoms. The van der Waals surface area contributed by atoms with Crippen LogP contribution < -0.4 is 20.1 Å². The van der Waals surface area contributed by atoms with Gasteiger partial charge in [-0.15, -0.1) is 0 Å². The van der Waals surface area contributed by atoms with Crippen molar-refractivity contribution in [1.82, 2.24) is 10.6 Å². The van der Waals surface area contributed by atoms with Crippen LogP contribution in [0.2, 0.25) is 0 Å². The zero-order valence-electron chi connectivity index (χ0n) is 16.7. The molecule has 0 saturated heterocycles. The third-order valence-corrected chi connectivity index (χ3v) is 4.84. The number of methoxy groups -OCH3 is 2. The Balaban J connectivity index is 1.60. The summed E-state index contributed by atoms with van der Waals surface area (Å²) >= 11 is 10.8. The van der Waals surface area contributed by atoms with E-state index in [4.69, 9.17) is 33.9 Å². The number of nitrogens with one attached hydrogen (secondary N) is 2. The molecule has 0 aliphatic carbocycles. The van der Waals surface area contributed by atoms with Crippen molar-refractivity contribution in [3.8, 4) is 11.5 Å². The van der Waals surface area contributed by atoms with Crippen molar-refractivity contribution in [3.05, 3.63) is 84.2 Å². The number of thiocarbonyl (C=S) groups is 2. The van der Waals surface area contributed by atoms with Crippen molar-refractivity contribution in [2.24, 2.45) is 0 Å². The highest BCUT2D eigenvalue weighted by Gasteiger charge is 1.98. The lowest BCUT2D eigenvalue weighted by Gasteiger charge is -2.04. The van der Waals surface area contributed by atoms with Crippen LogP contribution in [-0.2, 0) is 0 Å². The maximum atomic E-state index is 5.41. The summed E-state index contributed by atoms with van der Waals surface area (Å²) < 4.78 is 10.3. The van der Waals surface area contributed by atoms with E-state index in [9.17, 15) is 0 Å². The van der Waals surface area contributed by atoms with Crippen LogP contribution in [0.1, 0.15) is 17.5 Å². The van der Waals surface area contributed by atoms with Crippen LogP contribution >= 0.6 is 24.4 Å². The zero-order chi connectivity index (χ0) is 20.9. The molecule has 2 aromatic carbocycles. The van der Waals surface area contributed by atoms with E-state index in [1.807, 2.05) is 73.1 Å². The Morgan fingerprint density at radius 2 is 1.10 bits per heavy atom. The van der Waals surface area contributed by atoms with Crippen molar-refractivity contribution in [2.45, 2.75) is 6.42 Å². The van der Waals surface area contributed by atoms with Crippen LogP contribution in [0.5, 0.6) is 11.5 Å². The van der Waals surface area contributed by atoms with Gasteiger partial charge in [-0.3, -0.25) is 0 Å². The number of allylic oxidation sites excluding steroid dienone is 2. The fourth-order valence-corrected chi connectivity index (χ4v) is 2.84. The first-order valence-corrected chi connectivity index (χ1v) is 10.1. The number of hydrogen-bond acceptors (Lipinski definition) is 6. The third kappa shape index (κ3) is 8.05. The molecule has 2 aromatic rings. The van der Waals surface area contributed by atoms with Crippen LogP contribution in [0.4, 0.5) is 0 Å². The average molecular weight is 427 g/mol. The second-order valence-electron chi connectivity index (χ2n) is 6.11. The molecule has 0 unspecified atom stereocenters. The second-order valence-corrected chi connectivity index (χ2v) is 6.99. The fraction of sp³-hybridized carbons (Fsp3) is 0.217. The van der Waals surface area contributed by atoms with Gasteiger partial charge in [0.2, 0.25) is 0 Å². The summed E-state index contributed by atoms with van der Waals surface area (Å²) in [5.41, 5.74) is 2.00. The minimum Gasteiger partial charge on any atom is -0.497 e. The van der Waals surface area contributed by atoms with Gasteiger partial charge in [0.05, 0.1) is 14.2 Å². The second kappa shape index (κ2) is 12.7. The molecule has 0 atom stereocenters. The molecule has 0 fully saturated rings. The lowest BCUT2D eigenvalue weighted by atomic mass is 10.1. The Labute approximate surface area is 183 Å². The highest BCUT2D eigenvalue weighted by Crippen LogP contribution is 2.13. The summed E-state index contributed by atoms with van der Waals surface area (Å²) in [6.07, 6.45) is 8.55. The predicted octanol–water partition coefficient (Wildman–Crippen LogP) is 4.44. The molecule has 2 N–H and O–H groups in total. The summed E-state index contributed by atoms with van der Waals surface area (Å²) in [6, 6.07) is 15.4. The normalized spacial score (nSPS) is 10.8. The van der Waals surface area contributed by atoms with E-state index in [0.717, 1.165) is 51.9 Å². The van der Waals surface area contributed by atoms with Crippen molar-refractivity contribution in [3.63, 3.8) is 0 Å². The van der Waals surface area contributed by atoms with Crippen molar-refractivity contribution in [1.29, 1.82) is 0 Å². The summed E-state index contributed by atoms with van der Waals surface area (Å²) in [5.74, 6) is 1.65. The van der Waals surface area contributed by atoms with E-state index >= 15 is 0 Å². The van der Waals surface area contributed by atoms with Gasteiger partial charge in [-0.25, -0.2) is 0 Å². The summed E-state index contributed by atoms with van der Waals surface area (Å²) in [5, 5.41) is 6.50. The van der Waals surface area contributed by atoms with E-state index < -0.39 is 0 Å². The molecule has 4 nitrogen and oxygen atoms in total. The molecule has 6 heteroatoms. The predicted molar refractivity (Wildman–Crippen MR) is 128 cm³/mol. The Morgan fingerprint density at radius 1 is 0.724 bits per heavy atom. The molecule has 0 aromatic heterocycles. The van der Waals surface area contributed by atoms with E-state index in [-0.39, 0.29) is 0 Å². The van der Waals surface area contributed by atoms with Crippen molar-refractivity contribution in [2.75, 3.05) is 27.3 Å². The topological polar surface area (TPSA) is 42.5 Å². The minimum absolute atomic E-state index is 0.785. The zero-order valence-corrected chi connectivity index (χ0v) is 18.3. The quantitative estimate of drug-likeness (QED) is 0.226. The van der Waals surface area contributed by atoms with Gasteiger partial charge in [0, 0.05) is 22.8 Å². The van der Waals surface area contributed by atoms with E-state index in [2.05, 4.69) is 10.6 Å². The highest BCUT2D eigenvalue weighted by molar-refractivity contribution is 7.81. The van der Waals surface area contributed by atoms with Gasteiger partial charge in [-0.2, -0.15) is 0 Å². The minimum atomic E-state index is 0.785. The first-order chi connectivity index (χ1) is 14.1. The molecule has 2 rings (SSSR count). The number of hydrogen-bond donors (Lipinski definition) is 2. The van der Waals surface area contributed by atoms with Gasteiger partial charge >= 0.3 is 0 Å². The lowest BCUT2D eigenvalue weighted by Crippen LogP contribution is -2.15. The first-order valence-electron chi connectivity index (χ1n) is 9.30. The van der Waals surface area contributed by atoms with Crippen molar-refractivity contribution < 1.29 is 9.47 Å². The van der Waals surface area contributed by atoms with Gasteiger partial charge in [0.25, 0.3) is 0 Å². The summed E-state index contributed by atoms with van der Waals surface area (Å²) in [4.78, 5) is 1.57. The Hall–Kier alpha value is -2.70. The molecule has 29 heavy (non-hydrogen) atoms. The van der Waals surface area contributed by atoms with Gasteiger partial charge < -0.3 is 20.1 Å². The van der Waals surface area contributed by atoms with Gasteiger partial charge in [-0.1, -0.05) is 24.4 Å². The molecule has 152 valence electrons. The number of ether oxygens (including phenoxy) is 2. The van der Waals surface area contributed by atoms with Crippen LogP contribution in [0.15, 0.2) is 73.1 Å². The molecule has 0 saturated carbocycles. The molecule has 0 heterocycles. The SMILES string of the molecule is COc1ccc(C(=S)/C=C/NCCCN/C=C/C(=S)c2ccc(OC)cc2)cc1. The maximum Gasteiger partial charge on any atom is 0.118 e. The van der Waals surface area contributed by atoms with Crippen LogP contribution in [0, 0.1) is 0 Å². The lowest BCUT2D eigenvalue weighted by molar-refractivity contribution is 0.414. The Kier molecular flexibility index (Phi) is 9.89. The average Bonchev–Trinajstić information content (AvgIpc) is 2.77. The largest absolute Gasteiger partial charge is 0.497 e. The number of rotatable bonds is 12. The van der Waals surface area contributed by atoms with Crippen LogP contribution in [0.25, 0.3) is 0 Å². The smallest absolute Gasteiger partial charge is 0.118 e. The number of benzene rings is 2. The molecular weight excluding hydrogens is 400 g/mol. The van der Waals surface area contributed by atoms with Gasteiger partial charge in [-0.05, 0) is 90.6 Å². The Morgan fingerprint density at radius 3 is 1.45 bits per heavy atom.